The Bertz CT molecular complexity index is 1280. The molecule has 0 amide bonds. The topological polar surface area (TPSA) is 34.2 Å². The zero-order valence-corrected chi connectivity index (χ0v) is 25.0. The molecular formula is C38H44N2O3. The minimum atomic E-state index is -0.163. The molecular weight excluding hydrogens is 532 g/mol. The Morgan fingerprint density at radius 1 is 0.512 bits per heavy atom. The molecule has 2 fully saturated rings. The molecule has 0 bridgehead atoms. The minimum absolute atomic E-state index is 0.0946. The van der Waals surface area contributed by atoms with Crippen molar-refractivity contribution in [2.24, 2.45) is 5.92 Å². The van der Waals surface area contributed by atoms with E-state index in [0.29, 0.717) is 25.7 Å². The van der Waals surface area contributed by atoms with E-state index in [4.69, 9.17) is 14.2 Å². The van der Waals surface area contributed by atoms with Gasteiger partial charge in [0.1, 0.15) is 6.10 Å². The van der Waals surface area contributed by atoms with Gasteiger partial charge >= 0.3 is 0 Å². The highest BCUT2D eigenvalue weighted by atomic mass is 16.6. The van der Waals surface area contributed by atoms with Crippen LogP contribution < -0.4 is 4.90 Å². The van der Waals surface area contributed by atoms with Crippen LogP contribution in [0.15, 0.2) is 121 Å². The van der Waals surface area contributed by atoms with Crippen molar-refractivity contribution in [2.75, 3.05) is 37.6 Å². The molecule has 0 aliphatic carbocycles. The Labute approximate surface area is 257 Å². The molecule has 2 saturated heterocycles. The Hall–Kier alpha value is -3.48. The van der Waals surface area contributed by atoms with Crippen LogP contribution in [-0.2, 0) is 34.0 Å². The molecule has 224 valence electrons. The fourth-order valence-corrected chi connectivity index (χ4v) is 6.39. The number of anilines is 1. The molecule has 2 aliphatic heterocycles. The maximum absolute atomic E-state index is 6.69. The lowest BCUT2D eigenvalue weighted by Gasteiger charge is -2.45. The van der Waals surface area contributed by atoms with Crippen molar-refractivity contribution in [3.05, 3.63) is 138 Å². The van der Waals surface area contributed by atoms with Gasteiger partial charge in [-0.1, -0.05) is 109 Å². The van der Waals surface area contributed by atoms with Crippen LogP contribution >= 0.6 is 0 Å². The summed E-state index contributed by atoms with van der Waals surface area (Å²) in [6.07, 6.45) is 2.05. The molecule has 2 aliphatic rings. The van der Waals surface area contributed by atoms with Gasteiger partial charge in [0, 0.05) is 38.4 Å². The van der Waals surface area contributed by atoms with Crippen LogP contribution in [0.4, 0.5) is 5.69 Å². The fourth-order valence-electron chi connectivity index (χ4n) is 6.39. The first-order valence-corrected chi connectivity index (χ1v) is 15.8. The smallest absolute Gasteiger partial charge is 0.113 e. The molecule has 0 saturated carbocycles. The highest BCUT2D eigenvalue weighted by Gasteiger charge is 2.40. The van der Waals surface area contributed by atoms with Crippen molar-refractivity contribution in [1.82, 2.24) is 4.90 Å². The number of piperidine rings is 2. The molecule has 0 N–H and O–H groups in total. The average Bonchev–Trinajstić information content (AvgIpc) is 3.08. The van der Waals surface area contributed by atoms with Crippen LogP contribution in [0.5, 0.6) is 0 Å². The Morgan fingerprint density at radius 2 is 0.930 bits per heavy atom. The van der Waals surface area contributed by atoms with E-state index in [1.54, 1.807) is 0 Å². The second kappa shape index (κ2) is 15.3. The average molecular weight is 577 g/mol. The van der Waals surface area contributed by atoms with Gasteiger partial charge in [-0.15, -0.1) is 0 Å². The number of hydrogen-bond donors (Lipinski definition) is 0. The summed E-state index contributed by atoms with van der Waals surface area (Å²) in [5.41, 5.74) is 4.85. The lowest BCUT2D eigenvalue weighted by molar-refractivity contribution is -0.185. The molecule has 2 unspecified atom stereocenters. The Morgan fingerprint density at radius 3 is 1.40 bits per heavy atom. The summed E-state index contributed by atoms with van der Waals surface area (Å²) < 4.78 is 20.1. The number of ether oxygens (including phenoxy) is 3. The second-order valence-corrected chi connectivity index (χ2v) is 11.9. The first kappa shape index (κ1) is 29.6. The molecule has 4 aromatic rings. The van der Waals surface area contributed by atoms with Crippen LogP contribution in [0.2, 0.25) is 0 Å². The summed E-state index contributed by atoms with van der Waals surface area (Å²) in [7, 11) is 0. The highest BCUT2D eigenvalue weighted by molar-refractivity contribution is 5.46. The molecule has 6 rings (SSSR count). The maximum Gasteiger partial charge on any atom is 0.113 e. The van der Waals surface area contributed by atoms with E-state index in [-0.39, 0.29) is 18.3 Å². The SMILES string of the molecule is c1ccc(COC2CN(CC3CCN(c4ccccc4)CC3)CC(OCc3ccccc3)C2OCc2ccccc2)cc1. The normalized spacial score (nSPS) is 21.6. The fraction of sp³-hybridized carbons (Fsp3) is 0.368. The van der Waals surface area contributed by atoms with Gasteiger partial charge in [0.25, 0.3) is 0 Å². The predicted molar refractivity (Wildman–Crippen MR) is 173 cm³/mol. The molecule has 5 heteroatoms. The zero-order chi connectivity index (χ0) is 29.1. The van der Waals surface area contributed by atoms with Gasteiger partial charge in [0.05, 0.1) is 32.0 Å². The predicted octanol–water partition coefficient (Wildman–Crippen LogP) is 6.97. The van der Waals surface area contributed by atoms with Gasteiger partial charge in [-0.25, -0.2) is 0 Å². The standard InChI is InChI=1S/C38H44N2O3/c1-5-13-32(14-6-1)28-41-36-26-39(25-31-21-23-40(24-22-31)35-19-11-4-12-20-35)27-37(42-29-33-15-7-2-8-16-33)38(36)43-30-34-17-9-3-10-18-34/h1-20,31,36-38H,21-30H2. The summed E-state index contributed by atoms with van der Waals surface area (Å²) in [4.78, 5) is 5.11. The molecule has 4 aromatic carbocycles. The van der Waals surface area contributed by atoms with E-state index in [1.807, 2.05) is 18.2 Å². The number of para-hydroxylation sites is 1. The number of rotatable bonds is 12. The third-order valence-electron chi connectivity index (χ3n) is 8.76. The molecule has 0 radical (unpaired) electrons. The summed E-state index contributed by atoms with van der Waals surface area (Å²) in [5.74, 6) is 0.659. The largest absolute Gasteiger partial charge is 0.372 e. The first-order chi connectivity index (χ1) is 21.3. The highest BCUT2D eigenvalue weighted by Crippen LogP contribution is 2.28. The van der Waals surface area contributed by atoms with Gasteiger partial charge in [-0.05, 0) is 47.6 Å². The molecule has 0 spiro atoms. The van der Waals surface area contributed by atoms with Gasteiger partial charge in [0.2, 0.25) is 0 Å². The van der Waals surface area contributed by atoms with E-state index in [2.05, 4.69) is 113 Å². The van der Waals surface area contributed by atoms with Crippen molar-refractivity contribution < 1.29 is 14.2 Å². The summed E-state index contributed by atoms with van der Waals surface area (Å²) in [6.45, 7) is 6.62. The Balaban J connectivity index is 1.16. The number of likely N-dealkylation sites (tertiary alicyclic amines) is 1. The van der Waals surface area contributed by atoms with Crippen molar-refractivity contribution in [1.29, 1.82) is 0 Å². The molecule has 2 heterocycles. The molecule has 43 heavy (non-hydrogen) atoms. The van der Waals surface area contributed by atoms with Gasteiger partial charge in [0.15, 0.2) is 0 Å². The molecule has 5 nitrogen and oxygen atoms in total. The number of benzene rings is 4. The van der Waals surface area contributed by atoms with E-state index >= 15 is 0 Å². The van der Waals surface area contributed by atoms with Crippen LogP contribution in [-0.4, -0.2) is 55.9 Å². The molecule has 0 aromatic heterocycles. The lowest BCUT2D eigenvalue weighted by atomic mass is 9.93. The van der Waals surface area contributed by atoms with Gasteiger partial charge in [-0.3, -0.25) is 4.90 Å². The Kier molecular flexibility index (Phi) is 10.5. The number of hydrogen-bond acceptors (Lipinski definition) is 5. The van der Waals surface area contributed by atoms with Crippen LogP contribution in [0.1, 0.15) is 29.5 Å². The number of nitrogens with zero attached hydrogens (tertiary/aromatic N) is 2. The van der Waals surface area contributed by atoms with E-state index in [9.17, 15) is 0 Å². The van der Waals surface area contributed by atoms with E-state index in [0.717, 1.165) is 32.7 Å². The van der Waals surface area contributed by atoms with Crippen molar-refractivity contribution >= 4 is 5.69 Å². The maximum atomic E-state index is 6.69. The summed E-state index contributed by atoms with van der Waals surface area (Å²) in [5, 5.41) is 0. The third kappa shape index (κ3) is 8.55. The summed E-state index contributed by atoms with van der Waals surface area (Å²) >= 11 is 0. The third-order valence-corrected chi connectivity index (χ3v) is 8.76. The summed E-state index contributed by atoms with van der Waals surface area (Å²) in [6, 6.07) is 42.1. The van der Waals surface area contributed by atoms with E-state index < -0.39 is 0 Å². The van der Waals surface area contributed by atoms with Crippen LogP contribution in [0, 0.1) is 5.92 Å². The molecule has 2 atom stereocenters. The first-order valence-electron chi connectivity index (χ1n) is 15.8. The van der Waals surface area contributed by atoms with Crippen molar-refractivity contribution in [3.8, 4) is 0 Å². The van der Waals surface area contributed by atoms with Crippen LogP contribution in [0.3, 0.4) is 0 Å². The van der Waals surface area contributed by atoms with Gasteiger partial charge in [-0.2, -0.15) is 0 Å². The van der Waals surface area contributed by atoms with Crippen molar-refractivity contribution in [3.63, 3.8) is 0 Å². The minimum Gasteiger partial charge on any atom is -0.372 e. The zero-order valence-electron chi connectivity index (χ0n) is 25.0. The van der Waals surface area contributed by atoms with Crippen molar-refractivity contribution in [2.45, 2.75) is 51.0 Å². The quantitative estimate of drug-likeness (QED) is 0.182. The van der Waals surface area contributed by atoms with Gasteiger partial charge < -0.3 is 19.1 Å². The van der Waals surface area contributed by atoms with E-state index in [1.165, 1.54) is 35.2 Å². The van der Waals surface area contributed by atoms with Crippen LogP contribution in [0.25, 0.3) is 0 Å². The second-order valence-electron chi connectivity index (χ2n) is 11.9. The monoisotopic (exact) mass is 576 g/mol. The lowest BCUT2D eigenvalue weighted by Crippen LogP contribution is -2.59.